The van der Waals surface area contributed by atoms with E-state index in [9.17, 15) is 0 Å². The second-order valence-electron chi connectivity index (χ2n) is 3.27. The van der Waals surface area contributed by atoms with Crippen molar-refractivity contribution in [1.29, 1.82) is 10.5 Å². The van der Waals surface area contributed by atoms with E-state index >= 15 is 0 Å². The van der Waals surface area contributed by atoms with Crippen molar-refractivity contribution in [2.45, 2.75) is 6.42 Å². The number of nitriles is 2. The highest BCUT2D eigenvalue weighted by molar-refractivity contribution is 5.52. The molecule has 0 unspecified atom stereocenters. The first-order chi connectivity index (χ1) is 8.33. The number of nitrogens with zero attached hydrogens (tertiary/aromatic N) is 5. The van der Waals surface area contributed by atoms with Gasteiger partial charge in [0.25, 0.3) is 0 Å². The maximum absolute atomic E-state index is 8.98. The van der Waals surface area contributed by atoms with Gasteiger partial charge in [0.2, 0.25) is 0 Å². The molecule has 0 bridgehead atoms. The Morgan fingerprint density at radius 1 is 1.41 bits per heavy atom. The monoisotopic (exact) mass is 231 g/mol. The van der Waals surface area contributed by atoms with E-state index in [1.165, 1.54) is 6.20 Å². The van der Waals surface area contributed by atoms with Crippen molar-refractivity contribution in [3.05, 3.63) is 17.8 Å². The zero-order valence-electron chi connectivity index (χ0n) is 9.63. The molecule has 1 aromatic rings. The summed E-state index contributed by atoms with van der Waals surface area (Å²) in [4.78, 5) is 1.83. The highest BCUT2D eigenvalue weighted by Crippen LogP contribution is 2.15. The van der Waals surface area contributed by atoms with Crippen LogP contribution in [0.2, 0.25) is 0 Å². The van der Waals surface area contributed by atoms with Gasteiger partial charge >= 0.3 is 0 Å². The summed E-state index contributed by atoms with van der Waals surface area (Å²) in [5, 5.41) is 25.3. The van der Waals surface area contributed by atoms with Gasteiger partial charge in [-0.15, -0.1) is 5.10 Å². The lowest BCUT2D eigenvalue weighted by molar-refractivity contribution is 0.205. The van der Waals surface area contributed by atoms with Crippen LogP contribution in [0.5, 0.6) is 0 Å². The van der Waals surface area contributed by atoms with Gasteiger partial charge in [-0.2, -0.15) is 15.6 Å². The molecule has 0 atom stereocenters. The molecule has 0 N–H and O–H groups in total. The van der Waals surface area contributed by atoms with Crippen molar-refractivity contribution in [3.8, 4) is 12.1 Å². The van der Waals surface area contributed by atoms with Crippen LogP contribution < -0.4 is 4.90 Å². The molecule has 0 aliphatic carbocycles. The standard InChI is InChI=1S/C11H13N5O/c1-17-8-7-16(6-2-4-12)11-10(9-13)3-5-14-15-11/h3,5H,2,6-8H2,1H3. The van der Waals surface area contributed by atoms with E-state index in [-0.39, 0.29) is 0 Å². The summed E-state index contributed by atoms with van der Waals surface area (Å²) in [6.45, 7) is 1.59. The number of methoxy groups -OCH3 is 1. The van der Waals surface area contributed by atoms with Gasteiger partial charge in [-0.3, -0.25) is 0 Å². The normalized spacial score (nSPS) is 9.35. The summed E-state index contributed by atoms with van der Waals surface area (Å²) in [6.07, 6.45) is 1.84. The van der Waals surface area contributed by atoms with E-state index in [1.807, 2.05) is 4.90 Å². The highest BCUT2D eigenvalue weighted by Gasteiger charge is 2.12. The lowest BCUT2D eigenvalue weighted by Crippen LogP contribution is -2.30. The van der Waals surface area contributed by atoms with Crippen molar-refractivity contribution in [3.63, 3.8) is 0 Å². The van der Waals surface area contributed by atoms with Gasteiger partial charge in [0.1, 0.15) is 6.07 Å². The summed E-state index contributed by atoms with van der Waals surface area (Å²) in [5.41, 5.74) is 0.453. The average Bonchev–Trinajstić information content (AvgIpc) is 2.39. The van der Waals surface area contributed by atoms with Crippen LogP contribution in [-0.2, 0) is 4.74 Å². The largest absolute Gasteiger partial charge is 0.383 e. The molecule has 6 nitrogen and oxygen atoms in total. The zero-order valence-corrected chi connectivity index (χ0v) is 9.63. The molecule has 1 aromatic heterocycles. The predicted octanol–water partition coefficient (Wildman–Crippen LogP) is 0.715. The molecule has 0 aliphatic heterocycles. The Hall–Kier alpha value is -2.18. The fraction of sp³-hybridized carbons (Fsp3) is 0.455. The summed E-state index contributed by atoms with van der Waals surface area (Å²) < 4.78 is 4.99. The van der Waals surface area contributed by atoms with Crippen LogP contribution in [0, 0.1) is 22.7 Å². The van der Waals surface area contributed by atoms with Crippen LogP contribution in [0.15, 0.2) is 12.3 Å². The van der Waals surface area contributed by atoms with E-state index in [2.05, 4.69) is 22.3 Å². The lowest BCUT2D eigenvalue weighted by atomic mass is 10.2. The Labute approximate surface area is 100 Å². The third-order valence-corrected chi connectivity index (χ3v) is 2.18. The van der Waals surface area contributed by atoms with Crippen LogP contribution in [0.4, 0.5) is 5.82 Å². The first kappa shape index (κ1) is 12.9. The highest BCUT2D eigenvalue weighted by atomic mass is 16.5. The van der Waals surface area contributed by atoms with E-state index in [0.717, 1.165) is 0 Å². The number of hydrogen-bond donors (Lipinski definition) is 0. The van der Waals surface area contributed by atoms with E-state index in [1.54, 1.807) is 13.2 Å². The molecule has 1 heterocycles. The van der Waals surface area contributed by atoms with Gasteiger partial charge in [-0.05, 0) is 6.07 Å². The Bertz CT molecular complexity index is 434. The number of rotatable bonds is 6. The quantitative estimate of drug-likeness (QED) is 0.716. The van der Waals surface area contributed by atoms with Crippen LogP contribution in [0.1, 0.15) is 12.0 Å². The second kappa shape index (κ2) is 7.15. The summed E-state index contributed by atoms with van der Waals surface area (Å²) >= 11 is 0. The third kappa shape index (κ3) is 3.71. The van der Waals surface area contributed by atoms with Gasteiger partial charge in [0.05, 0.1) is 30.9 Å². The SMILES string of the molecule is COCCN(CCC#N)c1nnccc1C#N. The van der Waals surface area contributed by atoms with Gasteiger partial charge in [-0.25, -0.2) is 0 Å². The molecule has 0 spiro atoms. The fourth-order valence-corrected chi connectivity index (χ4v) is 1.36. The molecule has 0 saturated carbocycles. The van der Waals surface area contributed by atoms with Crippen molar-refractivity contribution >= 4 is 5.82 Å². The average molecular weight is 231 g/mol. The molecule has 6 heteroatoms. The molecular formula is C11H13N5O. The molecule has 0 saturated heterocycles. The fourth-order valence-electron chi connectivity index (χ4n) is 1.36. The third-order valence-electron chi connectivity index (χ3n) is 2.18. The molecule has 0 aliphatic rings. The van der Waals surface area contributed by atoms with Crippen LogP contribution in [0.25, 0.3) is 0 Å². The van der Waals surface area contributed by atoms with Crippen LogP contribution >= 0.6 is 0 Å². The number of aromatic nitrogens is 2. The van der Waals surface area contributed by atoms with Crippen molar-refractivity contribution in [1.82, 2.24) is 10.2 Å². The molecule has 0 fully saturated rings. The zero-order chi connectivity index (χ0) is 12.5. The van der Waals surface area contributed by atoms with Crippen molar-refractivity contribution in [2.75, 3.05) is 31.7 Å². The number of anilines is 1. The predicted molar refractivity (Wildman–Crippen MR) is 61.1 cm³/mol. The Morgan fingerprint density at radius 2 is 2.24 bits per heavy atom. The van der Waals surface area contributed by atoms with E-state index < -0.39 is 0 Å². The molecule has 88 valence electrons. The molecule has 0 amide bonds. The minimum atomic E-state index is 0.366. The summed E-state index contributed by atoms with van der Waals surface area (Å²) in [5.74, 6) is 0.502. The van der Waals surface area contributed by atoms with E-state index in [0.29, 0.717) is 37.5 Å². The first-order valence-corrected chi connectivity index (χ1v) is 5.16. The smallest absolute Gasteiger partial charge is 0.169 e. The van der Waals surface area contributed by atoms with E-state index in [4.69, 9.17) is 15.3 Å². The van der Waals surface area contributed by atoms with Gasteiger partial charge in [-0.1, -0.05) is 0 Å². The summed E-state index contributed by atoms with van der Waals surface area (Å²) in [6, 6.07) is 5.73. The minimum Gasteiger partial charge on any atom is -0.383 e. The van der Waals surface area contributed by atoms with Crippen LogP contribution in [-0.4, -0.2) is 37.0 Å². The molecule has 0 aromatic carbocycles. The minimum absolute atomic E-state index is 0.366. The maximum Gasteiger partial charge on any atom is 0.169 e. The van der Waals surface area contributed by atoms with Crippen molar-refractivity contribution < 1.29 is 4.74 Å². The van der Waals surface area contributed by atoms with Crippen molar-refractivity contribution in [2.24, 2.45) is 0 Å². The molecular weight excluding hydrogens is 218 g/mol. The lowest BCUT2D eigenvalue weighted by Gasteiger charge is -2.22. The number of ether oxygens (including phenoxy) is 1. The molecule has 1 rings (SSSR count). The maximum atomic E-state index is 8.98. The second-order valence-corrected chi connectivity index (χ2v) is 3.27. The summed E-state index contributed by atoms with van der Waals surface area (Å²) in [7, 11) is 1.60. The molecule has 17 heavy (non-hydrogen) atoms. The Balaban J connectivity index is 2.88. The van der Waals surface area contributed by atoms with Gasteiger partial charge in [0, 0.05) is 20.2 Å². The van der Waals surface area contributed by atoms with Crippen LogP contribution in [0.3, 0.4) is 0 Å². The number of hydrogen-bond acceptors (Lipinski definition) is 6. The van der Waals surface area contributed by atoms with Gasteiger partial charge < -0.3 is 9.64 Å². The molecule has 0 radical (unpaired) electrons. The topological polar surface area (TPSA) is 85.8 Å². The Morgan fingerprint density at radius 3 is 2.88 bits per heavy atom. The van der Waals surface area contributed by atoms with Gasteiger partial charge in [0.15, 0.2) is 5.82 Å². The Kier molecular flexibility index (Phi) is 5.42. The first-order valence-electron chi connectivity index (χ1n) is 5.16.